The van der Waals surface area contributed by atoms with Crippen molar-refractivity contribution in [2.45, 2.75) is 25.8 Å². The van der Waals surface area contributed by atoms with E-state index in [9.17, 15) is 0 Å². The van der Waals surface area contributed by atoms with Gasteiger partial charge in [-0.25, -0.2) is 0 Å². The van der Waals surface area contributed by atoms with E-state index in [-0.39, 0.29) is 0 Å². The Balaban J connectivity index is 1.99. The van der Waals surface area contributed by atoms with Crippen LogP contribution >= 0.6 is 22.9 Å². The van der Waals surface area contributed by atoms with Crippen LogP contribution in [0.2, 0.25) is 5.02 Å². The summed E-state index contributed by atoms with van der Waals surface area (Å²) in [6, 6.07) is 10.8. The fraction of sp³-hybridized carbons (Fsp3) is 0.333. The molecule has 1 atom stereocenters. The lowest BCUT2D eigenvalue weighted by atomic mass is 10.0. The van der Waals surface area contributed by atoms with Crippen molar-refractivity contribution in [3.63, 3.8) is 0 Å². The van der Waals surface area contributed by atoms with Crippen LogP contribution in [0.1, 0.15) is 18.1 Å². The molecule has 3 heteroatoms. The minimum atomic E-state index is 0.491. The number of hydrogen-bond acceptors (Lipinski definition) is 2. The molecule has 1 N–H and O–H groups in total. The van der Waals surface area contributed by atoms with Crippen molar-refractivity contribution < 1.29 is 0 Å². The van der Waals surface area contributed by atoms with Crippen LogP contribution in [0.15, 0.2) is 41.1 Å². The SMILES string of the molecule is CCNC(Cc1ccc(Cl)cc1)Cc1ccsc1. The highest BCUT2D eigenvalue weighted by Gasteiger charge is 2.09. The molecule has 2 rings (SSSR count). The molecule has 1 unspecified atom stereocenters. The number of hydrogen-bond donors (Lipinski definition) is 1. The third kappa shape index (κ3) is 4.13. The average Bonchev–Trinajstić information content (AvgIpc) is 2.85. The molecule has 0 saturated heterocycles. The van der Waals surface area contributed by atoms with Gasteiger partial charge in [0.25, 0.3) is 0 Å². The number of likely N-dealkylation sites (N-methyl/N-ethyl adjacent to an activating group) is 1. The summed E-state index contributed by atoms with van der Waals surface area (Å²) in [5.41, 5.74) is 2.75. The second-order valence-corrected chi connectivity index (χ2v) is 5.64. The molecule has 0 amide bonds. The summed E-state index contributed by atoms with van der Waals surface area (Å²) in [4.78, 5) is 0. The van der Waals surface area contributed by atoms with Gasteiger partial charge in [-0.05, 0) is 59.5 Å². The number of thiophene rings is 1. The molecule has 0 aliphatic rings. The van der Waals surface area contributed by atoms with Crippen LogP contribution in [0.5, 0.6) is 0 Å². The molecule has 96 valence electrons. The number of nitrogens with one attached hydrogen (secondary N) is 1. The van der Waals surface area contributed by atoms with Gasteiger partial charge in [0.05, 0.1) is 0 Å². The number of halogens is 1. The lowest BCUT2D eigenvalue weighted by Crippen LogP contribution is -2.32. The maximum absolute atomic E-state index is 5.91. The Morgan fingerprint density at radius 2 is 1.83 bits per heavy atom. The summed E-state index contributed by atoms with van der Waals surface area (Å²) in [7, 11) is 0. The highest BCUT2D eigenvalue weighted by atomic mass is 35.5. The Morgan fingerprint density at radius 3 is 2.44 bits per heavy atom. The zero-order chi connectivity index (χ0) is 12.8. The Hall–Kier alpha value is -0.830. The first-order valence-corrected chi connectivity index (χ1v) is 7.59. The molecule has 0 aliphatic heterocycles. The van der Waals surface area contributed by atoms with Gasteiger partial charge < -0.3 is 5.32 Å². The Morgan fingerprint density at radius 1 is 1.11 bits per heavy atom. The first-order chi connectivity index (χ1) is 8.78. The third-order valence-electron chi connectivity index (χ3n) is 2.95. The monoisotopic (exact) mass is 279 g/mol. The van der Waals surface area contributed by atoms with E-state index in [1.165, 1.54) is 11.1 Å². The average molecular weight is 280 g/mol. The van der Waals surface area contributed by atoms with Gasteiger partial charge in [0.2, 0.25) is 0 Å². The van der Waals surface area contributed by atoms with Gasteiger partial charge in [-0.1, -0.05) is 30.7 Å². The molecule has 0 fully saturated rings. The number of benzene rings is 1. The highest BCUT2D eigenvalue weighted by molar-refractivity contribution is 7.07. The third-order valence-corrected chi connectivity index (χ3v) is 3.93. The Labute approximate surface area is 118 Å². The second-order valence-electron chi connectivity index (χ2n) is 4.42. The van der Waals surface area contributed by atoms with Crippen LogP contribution in [0.3, 0.4) is 0 Å². The summed E-state index contributed by atoms with van der Waals surface area (Å²) in [5.74, 6) is 0. The normalized spacial score (nSPS) is 12.6. The minimum Gasteiger partial charge on any atom is -0.314 e. The molecule has 0 spiro atoms. The fourth-order valence-corrected chi connectivity index (χ4v) is 2.91. The van der Waals surface area contributed by atoms with Gasteiger partial charge in [0.15, 0.2) is 0 Å². The molecule has 1 aromatic carbocycles. The first kappa shape index (κ1) is 13.6. The van der Waals surface area contributed by atoms with Crippen molar-refractivity contribution >= 4 is 22.9 Å². The topological polar surface area (TPSA) is 12.0 Å². The molecule has 0 radical (unpaired) electrons. The Bertz CT molecular complexity index is 450. The molecule has 2 aromatic rings. The van der Waals surface area contributed by atoms with Gasteiger partial charge in [0.1, 0.15) is 0 Å². The zero-order valence-electron chi connectivity index (χ0n) is 10.5. The van der Waals surface area contributed by atoms with Gasteiger partial charge in [-0.3, -0.25) is 0 Å². The van der Waals surface area contributed by atoms with Gasteiger partial charge in [0, 0.05) is 11.1 Å². The lowest BCUT2D eigenvalue weighted by molar-refractivity contribution is 0.522. The summed E-state index contributed by atoms with van der Waals surface area (Å²) < 4.78 is 0. The van der Waals surface area contributed by atoms with Crippen LogP contribution in [0.25, 0.3) is 0 Å². The lowest BCUT2D eigenvalue weighted by Gasteiger charge is -2.17. The quantitative estimate of drug-likeness (QED) is 0.837. The fourth-order valence-electron chi connectivity index (χ4n) is 2.10. The van der Waals surface area contributed by atoms with Crippen LogP contribution in [0, 0.1) is 0 Å². The molecule has 0 aliphatic carbocycles. The van der Waals surface area contributed by atoms with E-state index in [1.54, 1.807) is 11.3 Å². The standard InChI is InChI=1S/C15H18ClNS/c1-2-17-15(10-13-7-8-18-11-13)9-12-3-5-14(16)6-4-12/h3-8,11,15,17H,2,9-10H2,1H3. The minimum absolute atomic E-state index is 0.491. The predicted molar refractivity (Wildman–Crippen MR) is 80.6 cm³/mol. The van der Waals surface area contributed by atoms with Gasteiger partial charge >= 0.3 is 0 Å². The molecule has 1 aromatic heterocycles. The van der Waals surface area contributed by atoms with E-state index in [0.29, 0.717) is 6.04 Å². The molecule has 0 bridgehead atoms. The maximum atomic E-state index is 5.91. The van der Waals surface area contributed by atoms with Crippen molar-refractivity contribution in [2.75, 3.05) is 6.54 Å². The van der Waals surface area contributed by atoms with Crippen molar-refractivity contribution in [3.8, 4) is 0 Å². The van der Waals surface area contributed by atoms with E-state index in [0.717, 1.165) is 24.4 Å². The number of rotatable bonds is 6. The summed E-state index contributed by atoms with van der Waals surface area (Å²) >= 11 is 7.67. The highest BCUT2D eigenvalue weighted by Crippen LogP contribution is 2.14. The van der Waals surface area contributed by atoms with E-state index < -0.39 is 0 Å². The second kappa shape index (κ2) is 6.93. The molecule has 18 heavy (non-hydrogen) atoms. The van der Waals surface area contributed by atoms with Crippen LogP contribution in [-0.4, -0.2) is 12.6 Å². The summed E-state index contributed by atoms with van der Waals surface area (Å²) in [6.07, 6.45) is 2.13. The first-order valence-electron chi connectivity index (χ1n) is 6.27. The smallest absolute Gasteiger partial charge is 0.0406 e. The van der Waals surface area contributed by atoms with E-state index >= 15 is 0 Å². The van der Waals surface area contributed by atoms with Gasteiger partial charge in [-0.15, -0.1) is 0 Å². The predicted octanol–water partition coefficient (Wildman–Crippen LogP) is 4.16. The van der Waals surface area contributed by atoms with E-state index in [4.69, 9.17) is 11.6 Å². The van der Waals surface area contributed by atoms with E-state index in [1.807, 2.05) is 12.1 Å². The van der Waals surface area contributed by atoms with E-state index in [2.05, 4.69) is 41.2 Å². The molecular formula is C15H18ClNS. The molecular weight excluding hydrogens is 262 g/mol. The van der Waals surface area contributed by atoms with Crippen LogP contribution in [-0.2, 0) is 12.8 Å². The summed E-state index contributed by atoms with van der Waals surface area (Å²) in [5, 5.41) is 8.73. The Kier molecular flexibility index (Phi) is 5.24. The molecule has 1 heterocycles. The van der Waals surface area contributed by atoms with Crippen LogP contribution in [0.4, 0.5) is 0 Å². The van der Waals surface area contributed by atoms with Gasteiger partial charge in [-0.2, -0.15) is 11.3 Å². The summed E-state index contributed by atoms with van der Waals surface area (Å²) in [6.45, 7) is 3.16. The van der Waals surface area contributed by atoms with Crippen molar-refractivity contribution in [3.05, 3.63) is 57.2 Å². The van der Waals surface area contributed by atoms with Crippen LogP contribution < -0.4 is 5.32 Å². The van der Waals surface area contributed by atoms with Crippen molar-refractivity contribution in [1.82, 2.24) is 5.32 Å². The van der Waals surface area contributed by atoms with Crippen molar-refractivity contribution in [1.29, 1.82) is 0 Å². The maximum Gasteiger partial charge on any atom is 0.0406 e. The molecule has 1 nitrogen and oxygen atoms in total. The zero-order valence-corrected chi connectivity index (χ0v) is 12.1. The van der Waals surface area contributed by atoms with Crippen molar-refractivity contribution in [2.24, 2.45) is 0 Å². The molecule has 0 saturated carbocycles. The largest absolute Gasteiger partial charge is 0.314 e.